The maximum absolute atomic E-state index is 12.5. The average Bonchev–Trinajstić information content (AvgIpc) is 2.78. The number of nitrogens with zero attached hydrogens (tertiary/aromatic N) is 1. The van der Waals surface area contributed by atoms with Crippen molar-refractivity contribution in [3.05, 3.63) is 59.7 Å². The Labute approximate surface area is 184 Å². The molecule has 2 aromatic rings. The molecule has 6 nitrogen and oxygen atoms in total. The lowest BCUT2D eigenvalue weighted by Crippen LogP contribution is -2.41. The first-order chi connectivity index (χ1) is 15.0. The second kappa shape index (κ2) is 10.8. The average molecular weight is 426 g/mol. The van der Waals surface area contributed by atoms with Crippen LogP contribution in [-0.4, -0.2) is 49.7 Å². The van der Waals surface area contributed by atoms with Gasteiger partial charge in [-0.1, -0.05) is 30.3 Å². The summed E-state index contributed by atoms with van der Waals surface area (Å²) >= 11 is 0. The monoisotopic (exact) mass is 425 g/mol. The van der Waals surface area contributed by atoms with E-state index < -0.39 is 5.97 Å². The predicted molar refractivity (Wildman–Crippen MR) is 118 cm³/mol. The summed E-state index contributed by atoms with van der Waals surface area (Å²) in [5, 5.41) is 0. The molecular formula is C25H31NO5. The molecule has 1 saturated heterocycles. The molecule has 0 atom stereocenters. The zero-order valence-electron chi connectivity index (χ0n) is 18.5. The number of carbonyl (C=O) groups excluding carboxylic acids is 2. The minimum atomic E-state index is -0.554. The molecule has 0 spiro atoms. The predicted octanol–water partition coefficient (Wildman–Crippen LogP) is 4.12. The van der Waals surface area contributed by atoms with E-state index in [9.17, 15) is 9.59 Å². The summed E-state index contributed by atoms with van der Waals surface area (Å²) < 4.78 is 16.2. The molecule has 166 valence electrons. The molecule has 2 aromatic carbocycles. The van der Waals surface area contributed by atoms with Crippen molar-refractivity contribution in [2.24, 2.45) is 5.92 Å². The SMILES string of the molecule is COc1cc(C(=O)OCC(=O)N2CCC(Cc3ccccc3)CC2)ccc1OC(C)C. The van der Waals surface area contributed by atoms with E-state index in [2.05, 4.69) is 24.3 Å². The Morgan fingerprint density at radius 2 is 1.74 bits per heavy atom. The van der Waals surface area contributed by atoms with Crippen LogP contribution in [0.3, 0.4) is 0 Å². The zero-order valence-corrected chi connectivity index (χ0v) is 18.5. The number of esters is 1. The largest absolute Gasteiger partial charge is 0.493 e. The summed E-state index contributed by atoms with van der Waals surface area (Å²) in [5.41, 5.74) is 1.66. The highest BCUT2D eigenvalue weighted by Crippen LogP contribution is 2.29. The number of ether oxygens (including phenoxy) is 3. The summed E-state index contributed by atoms with van der Waals surface area (Å²) in [6.45, 7) is 4.97. The van der Waals surface area contributed by atoms with E-state index in [4.69, 9.17) is 14.2 Å². The molecule has 31 heavy (non-hydrogen) atoms. The van der Waals surface area contributed by atoms with Gasteiger partial charge in [-0.3, -0.25) is 4.79 Å². The van der Waals surface area contributed by atoms with Crippen LogP contribution in [0.1, 0.15) is 42.6 Å². The standard InChI is InChI=1S/C25H31NO5/c1-18(2)31-22-10-9-21(16-23(22)29-3)25(28)30-17-24(27)26-13-11-20(12-14-26)15-19-7-5-4-6-8-19/h4-10,16,18,20H,11-15,17H2,1-3H3. The molecule has 1 amide bonds. The van der Waals surface area contributed by atoms with Gasteiger partial charge in [0.15, 0.2) is 18.1 Å². The third-order valence-electron chi connectivity index (χ3n) is 5.42. The number of likely N-dealkylation sites (tertiary alicyclic amines) is 1. The first-order valence-corrected chi connectivity index (χ1v) is 10.8. The van der Waals surface area contributed by atoms with Crippen LogP contribution in [0, 0.1) is 5.92 Å². The smallest absolute Gasteiger partial charge is 0.338 e. The molecule has 6 heteroatoms. The van der Waals surface area contributed by atoms with Crippen LogP contribution in [0.4, 0.5) is 0 Å². The van der Waals surface area contributed by atoms with Crippen molar-refractivity contribution in [1.82, 2.24) is 4.90 Å². The van der Waals surface area contributed by atoms with Crippen LogP contribution in [0.25, 0.3) is 0 Å². The maximum Gasteiger partial charge on any atom is 0.338 e. The number of hydrogen-bond acceptors (Lipinski definition) is 5. The molecule has 1 aliphatic rings. The lowest BCUT2D eigenvalue weighted by molar-refractivity contribution is -0.135. The molecule has 0 unspecified atom stereocenters. The Bertz CT molecular complexity index is 873. The van der Waals surface area contributed by atoms with Crippen molar-refractivity contribution < 1.29 is 23.8 Å². The Balaban J connectivity index is 1.47. The highest BCUT2D eigenvalue weighted by molar-refractivity contribution is 5.92. The van der Waals surface area contributed by atoms with Crippen LogP contribution in [0.5, 0.6) is 11.5 Å². The Hall–Kier alpha value is -3.02. The van der Waals surface area contributed by atoms with Crippen molar-refractivity contribution in [2.45, 2.75) is 39.2 Å². The van der Waals surface area contributed by atoms with Gasteiger partial charge in [-0.25, -0.2) is 4.79 Å². The quantitative estimate of drug-likeness (QED) is 0.595. The number of hydrogen-bond donors (Lipinski definition) is 0. The van der Waals surface area contributed by atoms with Crippen molar-refractivity contribution in [3.63, 3.8) is 0 Å². The van der Waals surface area contributed by atoms with Gasteiger partial charge >= 0.3 is 5.97 Å². The van der Waals surface area contributed by atoms with Gasteiger partial charge in [-0.05, 0) is 62.8 Å². The first-order valence-electron chi connectivity index (χ1n) is 10.8. The summed E-state index contributed by atoms with van der Waals surface area (Å²) in [6, 6.07) is 15.3. The van der Waals surface area contributed by atoms with Crippen LogP contribution < -0.4 is 9.47 Å². The normalized spacial score (nSPS) is 14.4. The lowest BCUT2D eigenvalue weighted by Gasteiger charge is -2.32. The van der Waals surface area contributed by atoms with Gasteiger partial charge in [0.2, 0.25) is 0 Å². The number of rotatable bonds is 8. The number of amides is 1. The van der Waals surface area contributed by atoms with Crippen molar-refractivity contribution in [1.29, 1.82) is 0 Å². The van der Waals surface area contributed by atoms with Gasteiger partial charge in [0.05, 0.1) is 18.8 Å². The first kappa shape index (κ1) is 22.7. The third kappa shape index (κ3) is 6.48. The number of carbonyl (C=O) groups is 2. The van der Waals surface area contributed by atoms with E-state index in [1.165, 1.54) is 12.7 Å². The van der Waals surface area contributed by atoms with Crippen LogP contribution >= 0.6 is 0 Å². The Morgan fingerprint density at radius 3 is 2.39 bits per heavy atom. The van der Waals surface area contributed by atoms with Gasteiger partial charge in [0.25, 0.3) is 5.91 Å². The van der Waals surface area contributed by atoms with Gasteiger partial charge in [0.1, 0.15) is 0 Å². The maximum atomic E-state index is 12.5. The number of piperidine rings is 1. The molecule has 1 heterocycles. The molecule has 1 aliphatic heterocycles. The molecule has 1 fully saturated rings. The summed E-state index contributed by atoms with van der Waals surface area (Å²) in [5.74, 6) is 0.881. The number of benzene rings is 2. The molecule has 0 N–H and O–H groups in total. The summed E-state index contributed by atoms with van der Waals surface area (Å²) in [7, 11) is 1.52. The van der Waals surface area contributed by atoms with E-state index in [0.29, 0.717) is 36.1 Å². The van der Waals surface area contributed by atoms with Crippen LogP contribution in [0.2, 0.25) is 0 Å². The summed E-state index contributed by atoms with van der Waals surface area (Å²) in [4.78, 5) is 26.7. The van der Waals surface area contributed by atoms with Crippen LogP contribution in [-0.2, 0) is 16.0 Å². The van der Waals surface area contributed by atoms with Crippen molar-refractivity contribution in [3.8, 4) is 11.5 Å². The highest BCUT2D eigenvalue weighted by Gasteiger charge is 2.24. The van der Waals surface area contributed by atoms with E-state index >= 15 is 0 Å². The van der Waals surface area contributed by atoms with E-state index in [1.807, 2.05) is 19.9 Å². The molecular weight excluding hydrogens is 394 g/mol. The topological polar surface area (TPSA) is 65.1 Å². The minimum Gasteiger partial charge on any atom is -0.493 e. The molecule has 0 aliphatic carbocycles. The fourth-order valence-electron chi connectivity index (χ4n) is 3.78. The Morgan fingerprint density at radius 1 is 1.03 bits per heavy atom. The van der Waals surface area contributed by atoms with Crippen molar-refractivity contribution >= 4 is 11.9 Å². The number of methoxy groups -OCH3 is 1. The lowest BCUT2D eigenvalue weighted by atomic mass is 9.90. The third-order valence-corrected chi connectivity index (χ3v) is 5.42. The van der Waals surface area contributed by atoms with Crippen molar-refractivity contribution in [2.75, 3.05) is 26.8 Å². The summed E-state index contributed by atoms with van der Waals surface area (Å²) in [6.07, 6.45) is 2.95. The fraction of sp³-hybridized carbons (Fsp3) is 0.440. The second-order valence-electron chi connectivity index (χ2n) is 8.12. The minimum absolute atomic E-state index is 0.0128. The van der Waals surface area contributed by atoms with Gasteiger partial charge in [0, 0.05) is 13.1 Å². The van der Waals surface area contributed by atoms with Gasteiger partial charge < -0.3 is 19.1 Å². The zero-order chi connectivity index (χ0) is 22.2. The second-order valence-corrected chi connectivity index (χ2v) is 8.12. The molecule has 0 radical (unpaired) electrons. The van der Waals surface area contributed by atoms with E-state index in [0.717, 1.165) is 19.3 Å². The van der Waals surface area contributed by atoms with Gasteiger partial charge in [-0.2, -0.15) is 0 Å². The molecule has 0 aromatic heterocycles. The van der Waals surface area contributed by atoms with Crippen LogP contribution in [0.15, 0.2) is 48.5 Å². The fourth-order valence-corrected chi connectivity index (χ4v) is 3.78. The molecule has 0 saturated carbocycles. The highest BCUT2D eigenvalue weighted by atomic mass is 16.5. The molecule has 0 bridgehead atoms. The van der Waals surface area contributed by atoms with E-state index in [1.54, 1.807) is 23.1 Å². The van der Waals surface area contributed by atoms with E-state index in [-0.39, 0.29) is 18.6 Å². The van der Waals surface area contributed by atoms with Gasteiger partial charge in [-0.15, -0.1) is 0 Å². The Kier molecular flexibility index (Phi) is 7.93. The molecule has 3 rings (SSSR count).